The molecule has 0 unspecified atom stereocenters. The number of β-lactam (4-membered cyclic amide) rings is 1. The highest BCUT2D eigenvalue weighted by Crippen LogP contribution is 2.42. The number of amides is 1. The average Bonchev–Trinajstić information content (AvgIpc) is 3.25. The van der Waals surface area contributed by atoms with Gasteiger partial charge in [0.25, 0.3) is 5.91 Å². The smallest absolute Gasteiger partial charge is 0.266 e. The third kappa shape index (κ3) is 3.69. The molecule has 0 radical (unpaired) electrons. The van der Waals surface area contributed by atoms with Gasteiger partial charge in [-0.2, -0.15) is 0 Å². The molecule has 0 spiro atoms. The summed E-state index contributed by atoms with van der Waals surface area (Å²) in [5, 5.41) is 0. The van der Waals surface area contributed by atoms with Crippen LogP contribution in [0.15, 0.2) is 66.7 Å². The van der Waals surface area contributed by atoms with Gasteiger partial charge in [0, 0.05) is 6.54 Å². The van der Waals surface area contributed by atoms with E-state index in [9.17, 15) is 9.18 Å². The van der Waals surface area contributed by atoms with E-state index in [1.54, 1.807) is 12.1 Å². The van der Waals surface area contributed by atoms with Gasteiger partial charge in [-0.05, 0) is 60.4 Å². The van der Waals surface area contributed by atoms with Crippen LogP contribution in [0.4, 0.5) is 4.39 Å². The molecular formula is C25H22FNO4. The molecule has 0 saturated carbocycles. The van der Waals surface area contributed by atoms with Crippen LogP contribution in [-0.2, 0) is 11.2 Å². The summed E-state index contributed by atoms with van der Waals surface area (Å²) in [5.74, 6) is 1.74. The Kier molecular flexibility index (Phi) is 4.98. The fourth-order valence-corrected chi connectivity index (χ4v) is 4.06. The molecule has 6 heteroatoms. The van der Waals surface area contributed by atoms with Crippen molar-refractivity contribution in [3.05, 3.63) is 89.2 Å². The Labute approximate surface area is 180 Å². The summed E-state index contributed by atoms with van der Waals surface area (Å²) >= 11 is 0. The van der Waals surface area contributed by atoms with Gasteiger partial charge in [0.05, 0.1) is 0 Å². The van der Waals surface area contributed by atoms with Crippen molar-refractivity contribution >= 4 is 5.91 Å². The maximum absolute atomic E-state index is 13.2. The molecule has 2 aliphatic rings. The molecule has 2 atom stereocenters. The number of para-hydroxylation sites is 1. The molecule has 0 N–H and O–H groups in total. The fourth-order valence-electron chi connectivity index (χ4n) is 4.06. The van der Waals surface area contributed by atoms with Gasteiger partial charge in [0.1, 0.15) is 17.6 Å². The average molecular weight is 419 g/mol. The SMILES string of the molecule is Cc1ccccc1O[C@H]1C(=O)N(CCc2ccc(F)cc2)[C@@H]1c1ccc2c(c1)OCO2. The second-order valence-corrected chi connectivity index (χ2v) is 7.77. The molecule has 0 bridgehead atoms. The van der Waals surface area contributed by atoms with Crippen LogP contribution < -0.4 is 14.2 Å². The number of hydrogen-bond donors (Lipinski definition) is 0. The van der Waals surface area contributed by atoms with Crippen LogP contribution in [0.5, 0.6) is 17.2 Å². The van der Waals surface area contributed by atoms with Crippen LogP contribution in [-0.4, -0.2) is 30.2 Å². The van der Waals surface area contributed by atoms with Crippen molar-refractivity contribution in [2.75, 3.05) is 13.3 Å². The first-order valence-corrected chi connectivity index (χ1v) is 10.3. The maximum Gasteiger partial charge on any atom is 0.266 e. The molecule has 2 aliphatic heterocycles. The number of benzene rings is 3. The molecule has 1 fully saturated rings. The Morgan fingerprint density at radius 1 is 1.03 bits per heavy atom. The van der Waals surface area contributed by atoms with E-state index in [0.29, 0.717) is 30.2 Å². The number of carbonyl (C=O) groups excluding carboxylic acids is 1. The van der Waals surface area contributed by atoms with E-state index in [-0.39, 0.29) is 24.6 Å². The fraction of sp³-hybridized carbons (Fsp3) is 0.240. The van der Waals surface area contributed by atoms with Gasteiger partial charge in [-0.15, -0.1) is 0 Å². The van der Waals surface area contributed by atoms with Crippen molar-refractivity contribution in [2.24, 2.45) is 0 Å². The lowest BCUT2D eigenvalue weighted by Gasteiger charge is -2.47. The maximum atomic E-state index is 13.2. The van der Waals surface area contributed by atoms with Gasteiger partial charge in [0.2, 0.25) is 12.9 Å². The van der Waals surface area contributed by atoms with Crippen molar-refractivity contribution < 1.29 is 23.4 Å². The number of rotatable bonds is 6. The highest BCUT2D eigenvalue weighted by Gasteiger charge is 2.50. The number of halogens is 1. The predicted octanol–water partition coefficient (Wildman–Crippen LogP) is 4.44. The summed E-state index contributed by atoms with van der Waals surface area (Å²) in [4.78, 5) is 14.9. The summed E-state index contributed by atoms with van der Waals surface area (Å²) in [6, 6.07) is 19.5. The Hall–Kier alpha value is -3.54. The number of nitrogens with zero attached hydrogens (tertiary/aromatic N) is 1. The second kappa shape index (κ2) is 7.95. The first-order chi connectivity index (χ1) is 15.1. The number of aryl methyl sites for hydroxylation is 1. The largest absolute Gasteiger partial charge is 0.478 e. The zero-order valence-electron chi connectivity index (χ0n) is 17.1. The van der Waals surface area contributed by atoms with Crippen molar-refractivity contribution in [3.8, 4) is 17.2 Å². The van der Waals surface area contributed by atoms with Gasteiger partial charge in [-0.25, -0.2) is 4.39 Å². The standard InChI is InChI=1S/C25H22FNO4/c1-16-4-2-3-5-20(16)31-24-23(18-8-11-21-22(14-18)30-15-29-21)27(25(24)28)13-12-17-6-9-19(26)10-7-17/h2-11,14,23-24H,12-13,15H2,1H3/t23-,24-/m1/s1. The third-order valence-electron chi connectivity index (χ3n) is 5.79. The molecule has 1 amide bonds. The molecule has 1 saturated heterocycles. The van der Waals surface area contributed by atoms with E-state index in [0.717, 1.165) is 16.7 Å². The van der Waals surface area contributed by atoms with Crippen molar-refractivity contribution in [3.63, 3.8) is 0 Å². The Morgan fingerprint density at radius 2 is 1.81 bits per heavy atom. The van der Waals surface area contributed by atoms with Crippen molar-refractivity contribution in [2.45, 2.75) is 25.5 Å². The predicted molar refractivity (Wildman–Crippen MR) is 113 cm³/mol. The zero-order valence-corrected chi connectivity index (χ0v) is 17.1. The molecule has 3 aromatic rings. The first kappa shape index (κ1) is 19.4. The Bertz CT molecular complexity index is 1110. The molecule has 0 aromatic heterocycles. The molecule has 31 heavy (non-hydrogen) atoms. The molecule has 0 aliphatic carbocycles. The number of fused-ring (bicyclic) bond motifs is 1. The topological polar surface area (TPSA) is 48.0 Å². The van der Waals surface area contributed by atoms with Gasteiger partial charge >= 0.3 is 0 Å². The van der Waals surface area contributed by atoms with E-state index in [2.05, 4.69) is 0 Å². The lowest BCUT2D eigenvalue weighted by atomic mass is 9.89. The van der Waals surface area contributed by atoms with Crippen LogP contribution in [0, 0.1) is 12.7 Å². The van der Waals surface area contributed by atoms with Crippen LogP contribution >= 0.6 is 0 Å². The van der Waals surface area contributed by atoms with Crippen LogP contribution in [0.3, 0.4) is 0 Å². The summed E-state index contributed by atoms with van der Waals surface area (Å²) < 4.78 is 30.3. The normalized spacial score (nSPS) is 19.3. The third-order valence-corrected chi connectivity index (χ3v) is 5.79. The van der Waals surface area contributed by atoms with Crippen molar-refractivity contribution in [1.82, 2.24) is 4.90 Å². The van der Waals surface area contributed by atoms with E-state index in [1.165, 1.54) is 12.1 Å². The highest BCUT2D eigenvalue weighted by atomic mass is 19.1. The summed E-state index contributed by atoms with van der Waals surface area (Å²) in [5.41, 5.74) is 2.88. The summed E-state index contributed by atoms with van der Waals surface area (Å²) in [6.45, 7) is 2.66. The zero-order chi connectivity index (χ0) is 21.4. The molecule has 5 rings (SSSR count). The lowest BCUT2D eigenvalue weighted by Crippen LogP contribution is -2.61. The highest BCUT2D eigenvalue weighted by molar-refractivity contribution is 5.89. The van der Waals surface area contributed by atoms with Crippen molar-refractivity contribution in [1.29, 1.82) is 0 Å². The molecule has 5 nitrogen and oxygen atoms in total. The molecule has 158 valence electrons. The number of hydrogen-bond acceptors (Lipinski definition) is 4. The van der Waals surface area contributed by atoms with Crippen LogP contribution in [0.2, 0.25) is 0 Å². The van der Waals surface area contributed by atoms with E-state index < -0.39 is 6.10 Å². The molecule has 3 aromatic carbocycles. The summed E-state index contributed by atoms with van der Waals surface area (Å²) in [7, 11) is 0. The van der Waals surface area contributed by atoms with Gasteiger partial charge in [0.15, 0.2) is 11.5 Å². The second-order valence-electron chi connectivity index (χ2n) is 7.77. The number of ether oxygens (including phenoxy) is 3. The quantitative estimate of drug-likeness (QED) is 0.555. The van der Waals surface area contributed by atoms with Gasteiger partial charge in [-0.3, -0.25) is 4.79 Å². The Balaban J connectivity index is 1.40. The minimum Gasteiger partial charge on any atom is -0.478 e. The first-order valence-electron chi connectivity index (χ1n) is 10.3. The van der Waals surface area contributed by atoms with Crippen LogP contribution in [0.25, 0.3) is 0 Å². The lowest BCUT2D eigenvalue weighted by molar-refractivity contribution is -0.164. The number of likely N-dealkylation sites (tertiary alicyclic amines) is 1. The van der Waals surface area contributed by atoms with Gasteiger partial charge in [-0.1, -0.05) is 36.4 Å². The Morgan fingerprint density at radius 3 is 2.61 bits per heavy atom. The van der Waals surface area contributed by atoms with Crippen LogP contribution in [0.1, 0.15) is 22.7 Å². The number of carbonyl (C=O) groups is 1. The molecule has 2 heterocycles. The van der Waals surface area contributed by atoms with E-state index >= 15 is 0 Å². The van der Waals surface area contributed by atoms with E-state index in [1.807, 2.05) is 54.3 Å². The summed E-state index contributed by atoms with van der Waals surface area (Å²) in [6.07, 6.45) is 0.0131. The minimum absolute atomic E-state index is 0.0620. The molecular weight excluding hydrogens is 397 g/mol. The van der Waals surface area contributed by atoms with Gasteiger partial charge < -0.3 is 19.1 Å². The monoisotopic (exact) mass is 419 g/mol. The van der Waals surface area contributed by atoms with E-state index in [4.69, 9.17) is 14.2 Å². The minimum atomic E-state index is -0.616.